The van der Waals surface area contributed by atoms with Gasteiger partial charge < -0.3 is 19.1 Å². The molecule has 33 heavy (non-hydrogen) atoms. The van der Waals surface area contributed by atoms with Crippen LogP contribution in [0.3, 0.4) is 0 Å². The summed E-state index contributed by atoms with van der Waals surface area (Å²) in [5.74, 6) is 0.216. The van der Waals surface area contributed by atoms with E-state index < -0.39 is 0 Å². The highest BCUT2D eigenvalue weighted by Gasteiger charge is 2.41. The first-order valence-electron chi connectivity index (χ1n) is 11.0. The average Bonchev–Trinajstić information content (AvgIpc) is 3.08. The Morgan fingerprint density at radius 3 is 1.97 bits per heavy atom. The normalized spacial score (nSPS) is 13.8. The minimum absolute atomic E-state index is 0.271. The van der Waals surface area contributed by atoms with Crippen molar-refractivity contribution in [1.29, 1.82) is 0 Å². The van der Waals surface area contributed by atoms with Crippen molar-refractivity contribution in [3.05, 3.63) is 70.9 Å². The van der Waals surface area contributed by atoms with Gasteiger partial charge in [0, 0.05) is 33.9 Å². The third kappa shape index (κ3) is 5.80. The van der Waals surface area contributed by atoms with E-state index in [0.717, 1.165) is 22.4 Å². The molecule has 1 aliphatic heterocycles. The van der Waals surface area contributed by atoms with Crippen LogP contribution in [0.1, 0.15) is 16.7 Å². The number of aryl methyl sites for hydroxylation is 1. The van der Waals surface area contributed by atoms with Crippen molar-refractivity contribution in [1.82, 2.24) is 9.80 Å². The molecule has 2 aromatic carbocycles. The van der Waals surface area contributed by atoms with Gasteiger partial charge in [-0.05, 0) is 36.6 Å². The van der Waals surface area contributed by atoms with E-state index in [2.05, 4.69) is 0 Å². The highest BCUT2D eigenvalue weighted by atomic mass is 16.5. The van der Waals surface area contributed by atoms with E-state index in [4.69, 9.17) is 14.2 Å². The van der Waals surface area contributed by atoms with Gasteiger partial charge in [0.25, 0.3) is 11.8 Å². The molecule has 0 aromatic heterocycles. The van der Waals surface area contributed by atoms with Crippen LogP contribution in [0, 0.1) is 6.92 Å². The van der Waals surface area contributed by atoms with E-state index in [1.165, 1.54) is 4.90 Å². The largest absolute Gasteiger partial charge is 0.497 e. The van der Waals surface area contributed by atoms with Crippen LogP contribution in [0.5, 0.6) is 5.75 Å². The van der Waals surface area contributed by atoms with E-state index >= 15 is 0 Å². The fourth-order valence-corrected chi connectivity index (χ4v) is 3.81. The minimum atomic E-state index is -0.281. The lowest BCUT2D eigenvalue weighted by molar-refractivity contribution is -0.137. The Bertz CT molecular complexity index is 975. The molecule has 0 atom stereocenters. The summed E-state index contributed by atoms with van der Waals surface area (Å²) in [7, 11) is 4.86. The maximum Gasteiger partial charge on any atom is 0.277 e. The zero-order chi connectivity index (χ0) is 23.8. The van der Waals surface area contributed by atoms with Gasteiger partial charge in [0.15, 0.2) is 0 Å². The van der Waals surface area contributed by atoms with Crippen LogP contribution in [0.25, 0.3) is 5.57 Å². The number of methoxy groups -OCH3 is 3. The van der Waals surface area contributed by atoms with Gasteiger partial charge in [-0.15, -0.1) is 0 Å². The number of nitrogens with zero attached hydrogens (tertiary/aromatic N) is 2. The molecule has 0 unspecified atom stereocenters. The quantitative estimate of drug-likeness (QED) is 0.462. The standard InChI is InChI=1S/C26H32N2O5/c1-19-5-9-21(10-6-19)23-24(27(15-17-31-2)16-18-32-3)26(30)28(25(23)29)14-13-20-7-11-22(33-4)12-8-20/h5-12H,13-18H2,1-4H3. The highest BCUT2D eigenvalue weighted by molar-refractivity contribution is 6.35. The molecule has 0 spiro atoms. The van der Waals surface area contributed by atoms with Crippen molar-refractivity contribution >= 4 is 17.4 Å². The second-order valence-electron chi connectivity index (χ2n) is 7.92. The Morgan fingerprint density at radius 1 is 0.818 bits per heavy atom. The molecule has 1 heterocycles. The third-order valence-corrected chi connectivity index (χ3v) is 5.71. The summed E-state index contributed by atoms with van der Waals surface area (Å²) in [6, 6.07) is 15.3. The summed E-state index contributed by atoms with van der Waals surface area (Å²) in [5.41, 5.74) is 3.69. The van der Waals surface area contributed by atoms with Gasteiger partial charge in [-0.1, -0.05) is 42.0 Å². The summed E-state index contributed by atoms with van der Waals surface area (Å²) in [6.07, 6.45) is 0.562. The van der Waals surface area contributed by atoms with Crippen molar-refractivity contribution < 1.29 is 23.8 Å². The van der Waals surface area contributed by atoms with Crippen molar-refractivity contribution in [2.24, 2.45) is 0 Å². The lowest BCUT2D eigenvalue weighted by Crippen LogP contribution is -2.38. The Morgan fingerprint density at radius 2 is 1.42 bits per heavy atom. The Kier molecular flexibility index (Phi) is 8.63. The second kappa shape index (κ2) is 11.6. The zero-order valence-electron chi connectivity index (χ0n) is 19.8. The lowest BCUT2D eigenvalue weighted by Gasteiger charge is -2.25. The number of amides is 2. The summed E-state index contributed by atoms with van der Waals surface area (Å²) in [5, 5.41) is 0. The fraction of sp³-hybridized carbons (Fsp3) is 0.385. The van der Waals surface area contributed by atoms with Gasteiger partial charge in [0.2, 0.25) is 0 Å². The number of carbonyl (C=O) groups excluding carboxylic acids is 2. The van der Waals surface area contributed by atoms with Crippen molar-refractivity contribution in [3.8, 4) is 5.75 Å². The molecule has 176 valence electrons. The van der Waals surface area contributed by atoms with Gasteiger partial charge in [-0.3, -0.25) is 14.5 Å². The van der Waals surface area contributed by atoms with Gasteiger partial charge >= 0.3 is 0 Å². The van der Waals surface area contributed by atoms with Crippen LogP contribution in [0.4, 0.5) is 0 Å². The van der Waals surface area contributed by atoms with E-state index in [1.54, 1.807) is 21.3 Å². The van der Waals surface area contributed by atoms with Crippen molar-refractivity contribution in [2.45, 2.75) is 13.3 Å². The smallest absolute Gasteiger partial charge is 0.277 e. The van der Waals surface area contributed by atoms with E-state index in [9.17, 15) is 9.59 Å². The van der Waals surface area contributed by atoms with Gasteiger partial charge in [-0.25, -0.2) is 0 Å². The number of imide groups is 1. The summed E-state index contributed by atoms with van der Waals surface area (Å²) in [4.78, 5) is 30.3. The van der Waals surface area contributed by atoms with Crippen LogP contribution in [-0.2, 0) is 25.5 Å². The summed E-state index contributed by atoms with van der Waals surface area (Å²) in [6.45, 7) is 4.12. The Labute approximate surface area is 195 Å². The number of ether oxygens (including phenoxy) is 3. The maximum atomic E-state index is 13.6. The molecule has 7 heteroatoms. The van der Waals surface area contributed by atoms with Crippen molar-refractivity contribution in [3.63, 3.8) is 0 Å². The van der Waals surface area contributed by atoms with Crippen LogP contribution in [0.2, 0.25) is 0 Å². The molecule has 0 fully saturated rings. The van der Waals surface area contributed by atoms with Crippen LogP contribution >= 0.6 is 0 Å². The molecule has 3 rings (SSSR count). The summed E-state index contributed by atoms with van der Waals surface area (Å²) < 4.78 is 15.7. The molecule has 0 saturated carbocycles. The molecule has 0 aliphatic carbocycles. The fourth-order valence-electron chi connectivity index (χ4n) is 3.81. The Hall–Kier alpha value is -3.16. The molecule has 1 aliphatic rings. The topological polar surface area (TPSA) is 68.3 Å². The predicted molar refractivity (Wildman–Crippen MR) is 127 cm³/mol. The van der Waals surface area contributed by atoms with Crippen LogP contribution < -0.4 is 4.74 Å². The molecule has 7 nitrogen and oxygen atoms in total. The zero-order valence-corrected chi connectivity index (χ0v) is 19.8. The number of hydrogen-bond donors (Lipinski definition) is 0. The van der Waals surface area contributed by atoms with E-state index in [0.29, 0.717) is 50.5 Å². The number of rotatable bonds is 12. The monoisotopic (exact) mass is 452 g/mol. The number of hydrogen-bond acceptors (Lipinski definition) is 6. The summed E-state index contributed by atoms with van der Waals surface area (Å²) >= 11 is 0. The Balaban J connectivity index is 1.92. The van der Waals surface area contributed by atoms with Crippen LogP contribution in [-0.4, -0.2) is 75.8 Å². The SMILES string of the molecule is COCCN(CCOC)C1=C(c2ccc(C)cc2)C(=O)N(CCc2ccc(OC)cc2)C1=O. The number of benzene rings is 2. The molecule has 0 bridgehead atoms. The first-order chi connectivity index (χ1) is 16.0. The predicted octanol–water partition coefficient (Wildman–Crippen LogP) is 2.92. The van der Waals surface area contributed by atoms with E-state index in [1.807, 2.05) is 60.4 Å². The van der Waals surface area contributed by atoms with E-state index in [-0.39, 0.29) is 11.8 Å². The molecule has 0 saturated heterocycles. The average molecular weight is 453 g/mol. The molecular formula is C26H32N2O5. The van der Waals surface area contributed by atoms with Crippen LogP contribution in [0.15, 0.2) is 54.2 Å². The second-order valence-corrected chi connectivity index (χ2v) is 7.92. The first kappa shape index (κ1) is 24.5. The first-order valence-corrected chi connectivity index (χ1v) is 11.0. The van der Waals surface area contributed by atoms with Gasteiger partial charge in [-0.2, -0.15) is 0 Å². The van der Waals surface area contributed by atoms with Crippen molar-refractivity contribution in [2.75, 3.05) is 54.2 Å². The lowest BCUT2D eigenvalue weighted by atomic mass is 10.0. The molecular weight excluding hydrogens is 420 g/mol. The minimum Gasteiger partial charge on any atom is -0.497 e. The molecule has 0 radical (unpaired) electrons. The third-order valence-electron chi connectivity index (χ3n) is 5.71. The van der Waals surface area contributed by atoms with Gasteiger partial charge in [0.05, 0.1) is 25.9 Å². The molecule has 2 amide bonds. The highest BCUT2D eigenvalue weighted by Crippen LogP contribution is 2.32. The molecule has 2 aromatic rings. The maximum absolute atomic E-state index is 13.6. The van der Waals surface area contributed by atoms with Gasteiger partial charge in [0.1, 0.15) is 11.4 Å². The molecule has 0 N–H and O–H groups in total. The number of carbonyl (C=O) groups is 2.